The Hall–Kier alpha value is -2.24. The number of methoxy groups -OCH3 is 1. The number of nitrogens with one attached hydrogen (secondary N) is 2. The average Bonchev–Trinajstić information content (AvgIpc) is 2.51. The predicted octanol–water partition coefficient (Wildman–Crippen LogP) is 1.89. The third-order valence-electron chi connectivity index (χ3n) is 3.00. The fourth-order valence-corrected chi connectivity index (χ4v) is 1.89. The SMILES string of the molecule is COc1ccc(OCCCC(=O)NCCC(=O)NC(C)C)cc1. The van der Waals surface area contributed by atoms with E-state index >= 15 is 0 Å². The Morgan fingerprint density at radius 1 is 1.04 bits per heavy atom. The van der Waals surface area contributed by atoms with Crippen LogP contribution in [0.4, 0.5) is 0 Å². The number of ether oxygens (including phenoxy) is 2. The second-order valence-corrected chi connectivity index (χ2v) is 5.45. The number of benzene rings is 1. The third kappa shape index (κ3) is 8.70. The van der Waals surface area contributed by atoms with Crippen molar-refractivity contribution in [3.63, 3.8) is 0 Å². The first-order chi connectivity index (χ1) is 11.0. The molecular formula is C17H26N2O4. The van der Waals surface area contributed by atoms with E-state index in [1.807, 2.05) is 38.1 Å². The molecule has 0 fully saturated rings. The van der Waals surface area contributed by atoms with Crippen LogP contribution in [0.3, 0.4) is 0 Å². The zero-order valence-corrected chi connectivity index (χ0v) is 14.1. The van der Waals surface area contributed by atoms with E-state index in [9.17, 15) is 9.59 Å². The highest BCUT2D eigenvalue weighted by Crippen LogP contribution is 2.17. The van der Waals surface area contributed by atoms with Crippen LogP contribution >= 0.6 is 0 Å². The summed E-state index contributed by atoms with van der Waals surface area (Å²) < 4.78 is 10.6. The Bertz CT molecular complexity index is 486. The topological polar surface area (TPSA) is 76.7 Å². The maximum atomic E-state index is 11.6. The zero-order chi connectivity index (χ0) is 17.1. The molecule has 0 atom stereocenters. The van der Waals surface area contributed by atoms with Gasteiger partial charge in [-0.25, -0.2) is 0 Å². The van der Waals surface area contributed by atoms with E-state index in [4.69, 9.17) is 9.47 Å². The molecule has 0 spiro atoms. The number of hydrogen-bond acceptors (Lipinski definition) is 4. The quantitative estimate of drug-likeness (QED) is 0.645. The molecule has 1 aromatic rings. The standard InChI is InChI=1S/C17H26N2O4/c1-13(2)19-17(21)10-11-18-16(20)5-4-12-23-15-8-6-14(22-3)7-9-15/h6-9,13H,4-5,10-12H2,1-3H3,(H,18,20)(H,19,21). The number of carbonyl (C=O) groups excluding carboxylic acids is 2. The van der Waals surface area contributed by atoms with E-state index in [0.29, 0.717) is 32.4 Å². The Morgan fingerprint density at radius 2 is 1.70 bits per heavy atom. The molecular weight excluding hydrogens is 296 g/mol. The number of amides is 2. The molecule has 0 saturated carbocycles. The van der Waals surface area contributed by atoms with Gasteiger partial charge in [-0.3, -0.25) is 9.59 Å². The highest BCUT2D eigenvalue weighted by Gasteiger charge is 2.05. The summed E-state index contributed by atoms with van der Waals surface area (Å²) in [6.45, 7) is 4.63. The van der Waals surface area contributed by atoms with Crippen LogP contribution in [0.2, 0.25) is 0 Å². The van der Waals surface area contributed by atoms with Crippen LogP contribution in [0.15, 0.2) is 24.3 Å². The van der Waals surface area contributed by atoms with Crippen molar-refractivity contribution >= 4 is 11.8 Å². The van der Waals surface area contributed by atoms with Gasteiger partial charge in [0.05, 0.1) is 13.7 Å². The first-order valence-electron chi connectivity index (χ1n) is 7.84. The van der Waals surface area contributed by atoms with Crippen LogP contribution in [0, 0.1) is 0 Å². The van der Waals surface area contributed by atoms with Crippen LogP contribution in [0.25, 0.3) is 0 Å². The van der Waals surface area contributed by atoms with Crippen LogP contribution in [0.1, 0.15) is 33.1 Å². The van der Waals surface area contributed by atoms with E-state index in [1.165, 1.54) is 0 Å². The summed E-state index contributed by atoms with van der Waals surface area (Å²) in [5.41, 5.74) is 0. The lowest BCUT2D eigenvalue weighted by Gasteiger charge is -2.09. The molecule has 0 aliphatic rings. The Labute approximate surface area is 137 Å². The smallest absolute Gasteiger partial charge is 0.221 e. The molecule has 0 aliphatic heterocycles. The van der Waals surface area contributed by atoms with Crippen molar-refractivity contribution in [1.82, 2.24) is 10.6 Å². The minimum atomic E-state index is -0.0688. The zero-order valence-electron chi connectivity index (χ0n) is 14.1. The molecule has 0 heterocycles. The molecule has 0 aromatic heterocycles. The van der Waals surface area contributed by atoms with Crippen LogP contribution in [-0.4, -0.2) is 38.1 Å². The van der Waals surface area contributed by atoms with Gasteiger partial charge in [0.1, 0.15) is 11.5 Å². The lowest BCUT2D eigenvalue weighted by molar-refractivity contribution is -0.122. The van der Waals surface area contributed by atoms with Gasteiger partial charge < -0.3 is 20.1 Å². The fourth-order valence-electron chi connectivity index (χ4n) is 1.89. The molecule has 2 amide bonds. The van der Waals surface area contributed by atoms with Crippen molar-refractivity contribution in [2.75, 3.05) is 20.3 Å². The monoisotopic (exact) mass is 322 g/mol. The minimum Gasteiger partial charge on any atom is -0.497 e. The van der Waals surface area contributed by atoms with Crippen molar-refractivity contribution in [3.05, 3.63) is 24.3 Å². The average molecular weight is 322 g/mol. The number of rotatable bonds is 10. The van der Waals surface area contributed by atoms with E-state index in [-0.39, 0.29) is 17.9 Å². The molecule has 0 radical (unpaired) electrons. The van der Waals surface area contributed by atoms with Crippen molar-refractivity contribution in [2.45, 2.75) is 39.2 Å². The Morgan fingerprint density at radius 3 is 2.30 bits per heavy atom. The van der Waals surface area contributed by atoms with Gasteiger partial charge in [-0.05, 0) is 44.5 Å². The van der Waals surface area contributed by atoms with Gasteiger partial charge in [0.15, 0.2) is 0 Å². The second kappa shape index (κ2) is 10.5. The minimum absolute atomic E-state index is 0.0526. The largest absolute Gasteiger partial charge is 0.497 e. The Balaban J connectivity index is 2.08. The number of carbonyl (C=O) groups is 2. The summed E-state index contributed by atoms with van der Waals surface area (Å²) in [6, 6.07) is 7.42. The summed E-state index contributed by atoms with van der Waals surface area (Å²) in [4.78, 5) is 23.0. The highest BCUT2D eigenvalue weighted by molar-refractivity contribution is 5.79. The molecule has 1 rings (SSSR count). The molecule has 6 heteroatoms. The summed E-state index contributed by atoms with van der Waals surface area (Å²) in [5.74, 6) is 1.40. The van der Waals surface area contributed by atoms with Crippen molar-refractivity contribution in [3.8, 4) is 11.5 Å². The summed E-state index contributed by atoms with van der Waals surface area (Å²) in [6.07, 6.45) is 1.30. The third-order valence-corrected chi connectivity index (χ3v) is 3.00. The molecule has 0 unspecified atom stereocenters. The maximum absolute atomic E-state index is 11.6. The van der Waals surface area contributed by atoms with E-state index in [2.05, 4.69) is 10.6 Å². The molecule has 128 valence electrons. The lowest BCUT2D eigenvalue weighted by Crippen LogP contribution is -2.34. The van der Waals surface area contributed by atoms with Gasteiger partial charge in [0, 0.05) is 25.4 Å². The molecule has 6 nitrogen and oxygen atoms in total. The van der Waals surface area contributed by atoms with Gasteiger partial charge >= 0.3 is 0 Å². The molecule has 0 aliphatic carbocycles. The lowest BCUT2D eigenvalue weighted by atomic mass is 10.3. The van der Waals surface area contributed by atoms with E-state index in [0.717, 1.165) is 11.5 Å². The summed E-state index contributed by atoms with van der Waals surface area (Å²) in [5, 5.41) is 5.50. The molecule has 0 saturated heterocycles. The van der Waals surface area contributed by atoms with E-state index in [1.54, 1.807) is 7.11 Å². The van der Waals surface area contributed by atoms with Crippen molar-refractivity contribution in [1.29, 1.82) is 0 Å². The molecule has 0 bridgehead atoms. The molecule has 2 N–H and O–H groups in total. The first kappa shape index (κ1) is 18.8. The van der Waals surface area contributed by atoms with Gasteiger partial charge in [-0.1, -0.05) is 0 Å². The molecule has 23 heavy (non-hydrogen) atoms. The highest BCUT2D eigenvalue weighted by atomic mass is 16.5. The fraction of sp³-hybridized carbons (Fsp3) is 0.529. The number of hydrogen-bond donors (Lipinski definition) is 2. The van der Waals surface area contributed by atoms with Gasteiger partial charge in [-0.2, -0.15) is 0 Å². The predicted molar refractivity (Wildman–Crippen MR) is 88.6 cm³/mol. The van der Waals surface area contributed by atoms with Gasteiger partial charge in [0.25, 0.3) is 0 Å². The van der Waals surface area contributed by atoms with Crippen LogP contribution in [0.5, 0.6) is 11.5 Å². The molecule has 1 aromatic carbocycles. The van der Waals surface area contributed by atoms with Gasteiger partial charge in [0.2, 0.25) is 11.8 Å². The van der Waals surface area contributed by atoms with Crippen LogP contribution < -0.4 is 20.1 Å². The summed E-state index contributed by atoms with van der Waals surface area (Å²) >= 11 is 0. The first-order valence-corrected chi connectivity index (χ1v) is 7.84. The van der Waals surface area contributed by atoms with Crippen LogP contribution in [-0.2, 0) is 9.59 Å². The van der Waals surface area contributed by atoms with Gasteiger partial charge in [-0.15, -0.1) is 0 Å². The van der Waals surface area contributed by atoms with E-state index < -0.39 is 0 Å². The summed E-state index contributed by atoms with van der Waals surface area (Å²) in [7, 11) is 1.61. The second-order valence-electron chi connectivity index (χ2n) is 5.45. The maximum Gasteiger partial charge on any atom is 0.221 e. The Kier molecular flexibility index (Phi) is 8.57. The van der Waals surface area contributed by atoms with Crippen molar-refractivity contribution < 1.29 is 19.1 Å². The normalized spacial score (nSPS) is 10.3. The van der Waals surface area contributed by atoms with Crippen molar-refractivity contribution in [2.24, 2.45) is 0 Å².